The summed E-state index contributed by atoms with van der Waals surface area (Å²) in [6.07, 6.45) is 4.42. The summed E-state index contributed by atoms with van der Waals surface area (Å²) in [5.41, 5.74) is 0.481. The van der Waals surface area contributed by atoms with Gasteiger partial charge in [0.2, 0.25) is 65.0 Å². The van der Waals surface area contributed by atoms with Crippen LogP contribution >= 0.6 is 0 Å². The van der Waals surface area contributed by atoms with Crippen molar-refractivity contribution in [1.82, 2.24) is 55.6 Å². The molecule has 24 heteroatoms. The molecule has 0 aliphatic carbocycles. The lowest BCUT2D eigenvalue weighted by atomic mass is 9.91. The number of carbonyl (C=O) groups is 11. The molecule has 0 aromatic carbocycles. The zero-order chi connectivity index (χ0) is 70.5. The molecule has 1 heterocycles. The van der Waals surface area contributed by atoms with Gasteiger partial charge in [-0.05, 0) is 115 Å². The van der Waals surface area contributed by atoms with Gasteiger partial charge in [-0.2, -0.15) is 0 Å². The molecular formula is C67H119N11O13. The molecule has 91 heavy (non-hydrogen) atoms. The van der Waals surface area contributed by atoms with Gasteiger partial charge in [0, 0.05) is 48.8 Å². The summed E-state index contributed by atoms with van der Waals surface area (Å²) in [5, 5.41) is 33.1. The summed E-state index contributed by atoms with van der Waals surface area (Å²) in [6, 6.07) is -14.1. The Bertz CT molecular complexity index is 2540. The van der Waals surface area contributed by atoms with E-state index in [1.54, 1.807) is 73.6 Å². The van der Waals surface area contributed by atoms with Gasteiger partial charge in [-0.3, -0.25) is 52.7 Å². The zero-order valence-electron chi connectivity index (χ0n) is 59.9. The predicted octanol–water partition coefficient (Wildman–Crippen LogP) is 3.97. The molecule has 0 aromatic rings. The van der Waals surface area contributed by atoms with Gasteiger partial charge in [-0.1, -0.05) is 121 Å². The molecule has 1 fully saturated rings. The first-order chi connectivity index (χ1) is 42.1. The number of nitrogens with one attached hydrogen (secondary N) is 4. The first kappa shape index (κ1) is 82.6. The van der Waals surface area contributed by atoms with E-state index in [-0.39, 0.29) is 68.9 Å². The maximum atomic E-state index is 15.5. The SMILES string of the molecule is C/C=C/C[C@@H](C)[C@@H](O)[C@H]1C(=O)N[C@@H](CC)C(=O)N[C@H](C)C(=O)N(C)[C@@H](CC(C)C)C(=O)N(C/C=C(\C)CO)[C@@H](C(C)C)C(=O)N(C)[C@@H](CC(C)C)C(=O)N[C@@H](C)C(=O)N[C@H](C)C(=O)N(C)[C@@H](CC(C)C)C(=O)N(C)[C@@H](CC(C)C)C(=O)N(C)[C@@H](C(C)C)C(=O)N1C. The van der Waals surface area contributed by atoms with Crippen LogP contribution in [0.15, 0.2) is 23.8 Å². The summed E-state index contributed by atoms with van der Waals surface area (Å²) in [7, 11) is 8.52. The van der Waals surface area contributed by atoms with Crippen LogP contribution in [-0.2, 0) is 52.7 Å². The number of rotatable bonds is 18. The van der Waals surface area contributed by atoms with E-state index >= 15 is 24.0 Å². The number of hydrogen-bond donors (Lipinski definition) is 6. The molecule has 0 aromatic heterocycles. The quantitative estimate of drug-likeness (QED) is 0.106. The van der Waals surface area contributed by atoms with E-state index in [1.807, 2.05) is 55.4 Å². The number of amides is 11. The molecule has 0 unspecified atom stereocenters. The van der Waals surface area contributed by atoms with Crippen molar-refractivity contribution in [2.45, 2.75) is 243 Å². The van der Waals surface area contributed by atoms with Gasteiger partial charge in [0.15, 0.2) is 0 Å². The van der Waals surface area contributed by atoms with E-state index in [0.29, 0.717) is 12.0 Å². The molecule has 1 rings (SSSR count). The Hall–Kier alpha value is -6.43. The third kappa shape index (κ3) is 23.3. The van der Waals surface area contributed by atoms with Gasteiger partial charge >= 0.3 is 0 Å². The summed E-state index contributed by atoms with van der Waals surface area (Å²) < 4.78 is 0. The van der Waals surface area contributed by atoms with Crippen LogP contribution in [0.2, 0.25) is 0 Å². The average Bonchev–Trinajstić information content (AvgIpc) is 1.82. The molecule has 24 nitrogen and oxygen atoms in total. The highest BCUT2D eigenvalue weighted by Gasteiger charge is 2.46. The number of aliphatic hydroxyl groups excluding tert-OH is 2. The van der Waals surface area contributed by atoms with E-state index in [0.717, 1.165) is 4.90 Å². The summed E-state index contributed by atoms with van der Waals surface area (Å²) in [6.45, 7) is 32.3. The average molecular weight is 1290 g/mol. The lowest BCUT2D eigenvalue weighted by molar-refractivity contribution is -0.157. The second-order valence-corrected chi connectivity index (χ2v) is 27.7. The molecule has 1 saturated heterocycles. The fourth-order valence-corrected chi connectivity index (χ4v) is 11.5. The molecule has 0 radical (unpaired) electrons. The van der Waals surface area contributed by atoms with Crippen molar-refractivity contribution in [3.63, 3.8) is 0 Å². The van der Waals surface area contributed by atoms with Gasteiger partial charge < -0.3 is 65.8 Å². The molecular weight excluding hydrogens is 1170 g/mol. The molecule has 0 saturated carbocycles. The lowest BCUT2D eigenvalue weighted by Gasteiger charge is -2.41. The monoisotopic (exact) mass is 1290 g/mol. The highest BCUT2D eigenvalue weighted by Crippen LogP contribution is 2.27. The Morgan fingerprint density at radius 2 is 0.835 bits per heavy atom. The van der Waals surface area contributed by atoms with Crippen LogP contribution < -0.4 is 21.3 Å². The smallest absolute Gasteiger partial charge is 0.246 e. The molecule has 1 aliphatic rings. The molecule has 1 aliphatic heterocycles. The molecule has 13 atom stereocenters. The topological polar surface area (TPSA) is 299 Å². The first-order valence-corrected chi connectivity index (χ1v) is 32.8. The van der Waals surface area contributed by atoms with Crippen LogP contribution in [0.4, 0.5) is 0 Å². The van der Waals surface area contributed by atoms with Gasteiger partial charge in [-0.15, -0.1) is 0 Å². The number of aliphatic hydroxyl groups is 2. The summed E-state index contributed by atoms with van der Waals surface area (Å²) in [5.74, 6) is -10.3. The van der Waals surface area contributed by atoms with Crippen molar-refractivity contribution in [1.29, 1.82) is 0 Å². The third-order valence-corrected chi connectivity index (χ3v) is 17.2. The first-order valence-electron chi connectivity index (χ1n) is 32.8. The van der Waals surface area contributed by atoms with Crippen LogP contribution in [0.25, 0.3) is 0 Å². The summed E-state index contributed by atoms with van der Waals surface area (Å²) in [4.78, 5) is 172. The zero-order valence-corrected chi connectivity index (χ0v) is 59.9. The Morgan fingerprint density at radius 1 is 0.462 bits per heavy atom. The molecule has 6 N–H and O–H groups in total. The lowest BCUT2D eigenvalue weighted by Crippen LogP contribution is -2.64. The van der Waals surface area contributed by atoms with E-state index in [9.17, 15) is 39.0 Å². The van der Waals surface area contributed by atoms with Crippen molar-refractivity contribution in [3.05, 3.63) is 23.8 Å². The number of nitrogens with zero attached hydrogens (tertiary/aromatic N) is 7. The minimum atomic E-state index is -1.64. The van der Waals surface area contributed by atoms with Gasteiger partial charge in [0.1, 0.15) is 66.5 Å². The minimum Gasteiger partial charge on any atom is -0.392 e. The third-order valence-electron chi connectivity index (χ3n) is 17.2. The van der Waals surface area contributed by atoms with Crippen molar-refractivity contribution in [3.8, 4) is 0 Å². The minimum absolute atomic E-state index is 0.0176. The van der Waals surface area contributed by atoms with Gasteiger partial charge in [-0.25, -0.2) is 0 Å². The van der Waals surface area contributed by atoms with Gasteiger partial charge in [0.25, 0.3) is 0 Å². The molecule has 11 amide bonds. The Morgan fingerprint density at radius 3 is 1.25 bits per heavy atom. The molecule has 0 bridgehead atoms. The Balaban J connectivity index is 4.52. The van der Waals surface area contributed by atoms with Crippen LogP contribution in [0, 0.1) is 41.4 Å². The van der Waals surface area contributed by atoms with E-state index in [2.05, 4.69) is 21.3 Å². The second-order valence-electron chi connectivity index (χ2n) is 27.7. The Labute approximate surface area is 544 Å². The van der Waals surface area contributed by atoms with Crippen molar-refractivity contribution in [2.75, 3.05) is 55.4 Å². The fourth-order valence-electron chi connectivity index (χ4n) is 11.5. The Kier molecular flexibility index (Phi) is 34.4. The fraction of sp³-hybridized carbons (Fsp3) is 0.776. The van der Waals surface area contributed by atoms with Crippen LogP contribution in [0.5, 0.6) is 0 Å². The molecule has 520 valence electrons. The standard InChI is InChI=1S/C67H119N11O13/c1-26-28-29-44(16)56(80)55-60(84)71-48(27-2)58(82)70-47(19)62(86)74(22)52(35-40(9)10)65(89)78(31-30-43(15)36-79)54(42(13)14)67(91)72(20)49(32-37(3)4)59(83)68-45(17)57(81)69-46(18)61(85)73(21)50(33-38(5)6)63(87)75(23)51(34-39(7)8)64(88)76(24)53(41(11)12)66(90)77(55)25/h26,28,30,37-42,44-56,79-80H,27,29,31-36H2,1-25H3,(H,68,83)(H,69,81)(H,70,82)(H,71,84)/b28-26+,43-30+/t44-,45+,46-,47-,48+,49+,50+,51+,52+,53+,54+,55+,56-/m1/s1. The highest BCUT2D eigenvalue weighted by molar-refractivity contribution is 6.00. The van der Waals surface area contributed by atoms with Crippen LogP contribution in [0.1, 0.15) is 170 Å². The number of allylic oxidation sites excluding steroid dienone is 2. The molecule has 0 spiro atoms. The normalized spacial score (nSPS) is 27.0. The van der Waals surface area contributed by atoms with Crippen LogP contribution in [-0.4, -0.2) is 237 Å². The van der Waals surface area contributed by atoms with E-state index in [4.69, 9.17) is 0 Å². The van der Waals surface area contributed by atoms with Gasteiger partial charge in [0.05, 0.1) is 12.7 Å². The largest absolute Gasteiger partial charge is 0.392 e. The van der Waals surface area contributed by atoms with Crippen molar-refractivity contribution >= 4 is 65.0 Å². The maximum absolute atomic E-state index is 15.5. The predicted molar refractivity (Wildman–Crippen MR) is 353 cm³/mol. The maximum Gasteiger partial charge on any atom is 0.246 e. The van der Waals surface area contributed by atoms with E-state index in [1.165, 1.54) is 92.5 Å². The van der Waals surface area contributed by atoms with E-state index < -0.39 is 155 Å². The number of likely N-dealkylation sites (N-methyl/N-ethyl adjacent to an activating group) is 6. The summed E-state index contributed by atoms with van der Waals surface area (Å²) >= 11 is 0. The van der Waals surface area contributed by atoms with Crippen LogP contribution in [0.3, 0.4) is 0 Å². The van der Waals surface area contributed by atoms with Crippen molar-refractivity contribution in [2.24, 2.45) is 41.4 Å². The highest BCUT2D eigenvalue weighted by atomic mass is 16.3. The van der Waals surface area contributed by atoms with Crippen molar-refractivity contribution < 1.29 is 63.0 Å². The number of carbonyl (C=O) groups excluding carboxylic acids is 11. The number of hydrogen-bond acceptors (Lipinski definition) is 13. The second kappa shape index (κ2) is 37.9.